The van der Waals surface area contributed by atoms with Gasteiger partial charge in [-0.15, -0.1) is 0 Å². The summed E-state index contributed by atoms with van der Waals surface area (Å²) in [5.41, 5.74) is 3.52. The standard InChI is InChI=1S/C24H26ClN3O2/c1-17-5-7-19(8-6-17)23-15-21(27-30-23)24(29)26-16-22(28-13-3-2-4-14-28)18-9-11-20(25)12-10-18/h5-12,15,22H,2-4,13-14,16H2,1H3,(H,26,29)/t22-/m0/s1. The summed E-state index contributed by atoms with van der Waals surface area (Å²) in [5.74, 6) is 0.360. The molecule has 2 aromatic carbocycles. The lowest BCUT2D eigenvalue weighted by molar-refractivity contribution is 0.0915. The van der Waals surface area contributed by atoms with Crippen LogP contribution in [0.1, 0.15) is 46.9 Å². The molecule has 0 bridgehead atoms. The summed E-state index contributed by atoms with van der Waals surface area (Å²) in [5, 5.41) is 7.73. The molecule has 1 aliphatic heterocycles. The Hall–Kier alpha value is -2.63. The van der Waals surface area contributed by atoms with Gasteiger partial charge in [-0.05, 0) is 50.6 Å². The monoisotopic (exact) mass is 423 g/mol. The first-order valence-electron chi connectivity index (χ1n) is 10.4. The number of benzene rings is 2. The van der Waals surface area contributed by atoms with Crippen LogP contribution in [-0.4, -0.2) is 35.6 Å². The first-order valence-corrected chi connectivity index (χ1v) is 10.8. The molecule has 0 radical (unpaired) electrons. The predicted molar refractivity (Wildman–Crippen MR) is 119 cm³/mol. The Bertz CT molecular complexity index is 976. The Kier molecular flexibility index (Phi) is 6.50. The molecule has 1 aliphatic rings. The summed E-state index contributed by atoms with van der Waals surface area (Å²) in [6, 6.07) is 17.6. The van der Waals surface area contributed by atoms with Gasteiger partial charge in [-0.1, -0.05) is 65.1 Å². The quantitative estimate of drug-likeness (QED) is 0.587. The van der Waals surface area contributed by atoms with Gasteiger partial charge in [0.2, 0.25) is 0 Å². The zero-order chi connectivity index (χ0) is 20.9. The van der Waals surface area contributed by atoms with Crippen molar-refractivity contribution in [3.8, 4) is 11.3 Å². The van der Waals surface area contributed by atoms with Crippen molar-refractivity contribution >= 4 is 17.5 Å². The summed E-state index contributed by atoms with van der Waals surface area (Å²) in [7, 11) is 0. The van der Waals surface area contributed by atoms with Gasteiger partial charge in [0.15, 0.2) is 11.5 Å². The largest absolute Gasteiger partial charge is 0.355 e. The smallest absolute Gasteiger partial charge is 0.273 e. The first kappa shape index (κ1) is 20.6. The number of rotatable bonds is 6. The van der Waals surface area contributed by atoms with E-state index in [2.05, 4.69) is 15.4 Å². The highest BCUT2D eigenvalue weighted by atomic mass is 35.5. The second-order valence-corrected chi connectivity index (χ2v) is 8.25. The summed E-state index contributed by atoms with van der Waals surface area (Å²) in [4.78, 5) is 15.2. The average Bonchev–Trinajstić information content (AvgIpc) is 3.27. The molecular weight excluding hydrogens is 398 g/mol. The molecule has 1 atom stereocenters. The zero-order valence-electron chi connectivity index (χ0n) is 17.1. The van der Waals surface area contributed by atoms with E-state index in [9.17, 15) is 4.79 Å². The van der Waals surface area contributed by atoms with Gasteiger partial charge in [0.1, 0.15) is 0 Å². The van der Waals surface area contributed by atoms with E-state index in [0.717, 1.165) is 24.2 Å². The lowest BCUT2D eigenvalue weighted by atomic mass is 10.0. The molecular formula is C24H26ClN3O2. The molecule has 0 unspecified atom stereocenters. The molecule has 0 saturated carbocycles. The number of hydrogen-bond donors (Lipinski definition) is 1. The SMILES string of the molecule is Cc1ccc(-c2cc(C(=O)NC[C@@H](c3ccc(Cl)cc3)N3CCCCC3)no2)cc1. The molecule has 1 saturated heterocycles. The second-order valence-electron chi connectivity index (χ2n) is 7.82. The number of piperidine rings is 1. The molecule has 0 aliphatic carbocycles. The molecule has 2 heterocycles. The highest BCUT2D eigenvalue weighted by molar-refractivity contribution is 6.30. The minimum Gasteiger partial charge on any atom is -0.355 e. The van der Waals surface area contributed by atoms with Crippen molar-refractivity contribution < 1.29 is 9.32 Å². The van der Waals surface area contributed by atoms with Crippen molar-refractivity contribution in [1.29, 1.82) is 0 Å². The zero-order valence-corrected chi connectivity index (χ0v) is 17.9. The van der Waals surface area contributed by atoms with Crippen LogP contribution in [0.4, 0.5) is 0 Å². The molecule has 1 aromatic heterocycles. The molecule has 4 rings (SSSR count). The third-order valence-corrected chi connectivity index (χ3v) is 5.87. The fraction of sp³-hybridized carbons (Fsp3) is 0.333. The van der Waals surface area contributed by atoms with Crippen LogP contribution >= 0.6 is 11.6 Å². The minimum absolute atomic E-state index is 0.106. The van der Waals surface area contributed by atoms with Crippen LogP contribution in [0.5, 0.6) is 0 Å². The van der Waals surface area contributed by atoms with Gasteiger partial charge in [0.05, 0.1) is 6.04 Å². The Morgan fingerprint density at radius 3 is 2.50 bits per heavy atom. The number of amides is 1. The maximum atomic E-state index is 12.7. The summed E-state index contributed by atoms with van der Waals surface area (Å²) < 4.78 is 5.40. The first-order chi connectivity index (χ1) is 14.6. The third-order valence-electron chi connectivity index (χ3n) is 5.62. The van der Waals surface area contributed by atoms with Crippen molar-refractivity contribution in [2.24, 2.45) is 0 Å². The van der Waals surface area contributed by atoms with Crippen LogP contribution in [-0.2, 0) is 0 Å². The third kappa shape index (κ3) is 4.91. The number of hydrogen-bond acceptors (Lipinski definition) is 4. The Morgan fingerprint density at radius 1 is 1.10 bits per heavy atom. The van der Waals surface area contributed by atoms with Crippen molar-refractivity contribution in [2.75, 3.05) is 19.6 Å². The van der Waals surface area contributed by atoms with E-state index in [-0.39, 0.29) is 11.9 Å². The van der Waals surface area contributed by atoms with Crippen LogP contribution in [0.2, 0.25) is 5.02 Å². The molecule has 30 heavy (non-hydrogen) atoms. The Balaban J connectivity index is 1.45. The molecule has 1 N–H and O–H groups in total. The Morgan fingerprint density at radius 2 is 1.80 bits per heavy atom. The number of likely N-dealkylation sites (tertiary alicyclic amines) is 1. The van der Waals surface area contributed by atoms with Crippen molar-refractivity contribution in [3.05, 3.63) is 76.4 Å². The topological polar surface area (TPSA) is 58.4 Å². The van der Waals surface area contributed by atoms with E-state index in [0.29, 0.717) is 23.0 Å². The van der Waals surface area contributed by atoms with Gasteiger partial charge in [0, 0.05) is 23.2 Å². The fourth-order valence-electron chi connectivity index (χ4n) is 3.89. The normalized spacial score (nSPS) is 15.7. The van der Waals surface area contributed by atoms with Crippen molar-refractivity contribution in [2.45, 2.75) is 32.2 Å². The van der Waals surface area contributed by atoms with Crippen molar-refractivity contribution in [1.82, 2.24) is 15.4 Å². The van der Waals surface area contributed by atoms with Crippen LogP contribution in [0, 0.1) is 6.92 Å². The number of carbonyl (C=O) groups is 1. The Labute approximate surface area is 182 Å². The molecule has 0 spiro atoms. The number of halogens is 1. The van der Waals surface area contributed by atoms with Gasteiger partial charge in [0.25, 0.3) is 5.91 Å². The van der Waals surface area contributed by atoms with Gasteiger partial charge >= 0.3 is 0 Å². The summed E-state index contributed by atoms with van der Waals surface area (Å²) in [6.07, 6.45) is 3.62. The lowest BCUT2D eigenvalue weighted by Gasteiger charge is -2.35. The van der Waals surface area contributed by atoms with Crippen LogP contribution in [0.3, 0.4) is 0 Å². The van der Waals surface area contributed by atoms with E-state index in [1.54, 1.807) is 6.07 Å². The number of carbonyl (C=O) groups excluding carboxylic acids is 1. The van der Waals surface area contributed by atoms with E-state index in [4.69, 9.17) is 16.1 Å². The molecule has 1 fully saturated rings. The molecule has 6 heteroatoms. The highest BCUT2D eigenvalue weighted by Crippen LogP contribution is 2.26. The van der Waals surface area contributed by atoms with Gasteiger partial charge < -0.3 is 9.84 Å². The van der Waals surface area contributed by atoms with Crippen LogP contribution < -0.4 is 5.32 Å². The number of nitrogens with zero attached hydrogens (tertiary/aromatic N) is 2. The molecule has 5 nitrogen and oxygen atoms in total. The highest BCUT2D eigenvalue weighted by Gasteiger charge is 2.24. The molecule has 156 valence electrons. The number of aromatic nitrogens is 1. The van der Waals surface area contributed by atoms with Crippen molar-refractivity contribution in [3.63, 3.8) is 0 Å². The van der Waals surface area contributed by atoms with E-state index in [1.807, 2.05) is 55.5 Å². The minimum atomic E-state index is -0.229. The maximum absolute atomic E-state index is 12.7. The molecule has 1 amide bonds. The number of nitrogens with one attached hydrogen (secondary N) is 1. The van der Waals surface area contributed by atoms with Gasteiger partial charge in [-0.2, -0.15) is 0 Å². The van der Waals surface area contributed by atoms with E-state index >= 15 is 0 Å². The van der Waals surface area contributed by atoms with Crippen LogP contribution in [0.15, 0.2) is 59.1 Å². The maximum Gasteiger partial charge on any atom is 0.273 e. The average molecular weight is 424 g/mol. The van der Waals surface area contributed by atoms with E-state index in [1.165, 1.54) is 24.8 Å². The summed E-state index contributed by atoms with van der Waals surface area (Å²) >= 11 is 6.07. The fourth-order valence-corrected chi connectivity index (χ4v) is 4.01. The van der Waals surface area contributed by atoms with E-state index < -0.39 is 0 Å². The predicted octanol–water partition coefficient (Wildman–Crippen LogP) is 5.26. The number of aryl methyl sites for hydroxylation is 1. The lowest BCUT2D eigenvalue weighted by Crippen LogP contribution is -2.40. The summed E-state index contributed by atoms with van der Waals surface area (Å²) in [6.45, 7) is 4.60. The molecule has 3 aromatic rings. The van der Waals surface area contributed by atoms with Crippen LogP contribution in [0.25, 0.3) is 11.3 Å². The second kappa shape index (κ2) is 9.45. The van der Waals surface area contributed by atoms with Gasteiger partial charge in [-0.25, -0.2) is 0 Å². The van der Waals surface area contributed by atoms with Gasteiger partial charge in [-0.3, -0.25) is 9.69 Å².